The minimum atomic E-state index is -3.82. The summed E-state index contributed by atoms with van der Waals surface area (Å²) in [6.07, 6.45) is 1.05. The molecule has 45 heavy (non-hydrogen) atoms. The van der Waals surface area contributed by atoms with Crippen molar-refractivity contribution in [2.75, 3.05) is 23.7 Å². The van der Waals surface area contributed by atoms with E-state index in [0.717, 1.165) is 5.56 Å². The van der Waals surface area contributed by atoms with E-state index < -0.39 is 39.5 Å². The molecule has 3 amide bonds. The third-order valence-electron chi connectivity index (χ3n) is 7.14. The summed E-state index contributed by atoms with van der Waals surface area (Å²) < 4.78 is 40.7. The van der Waals surface area contributed by atoms with E-state index >= 15 is 0 Å². The monoisotopic (exact) mass is 641 g/mol. The average Bonchev–Trinajstić information content (AvgIpc) is 3.55. The van der Waals surface area contributed by atoms with Gasteiger partial charge in [0.05, 0.1) is 4.90 Å². The minimum absolute atomic E-state index is 0.132. The Morgan fingerprint density at radius 1 is 0.911 bits per heavy atom. The highest BCUT2D eigenvalue weighted by molar-refractivity contribution is 7.89. The first-order valence-electron chi connectivity index (χ1n) is 14.8. The van der Waals surface area contributed by atoms with Crippen molar-refractivity contribution >= 4 is 50.4 Å². The number of anilines is 2. The highest BCUT2D eigenvalue weighted by Gasteiger charge is 2.34. The van der Waals surface area contributed by atoms with Crippen molar-refractivity contribution in [1.82, 2.24) is 14.2 Å². The lowest BCUT2D eigenvalue weighted by Crippen LogP contribution is -2.41. The number of nitrogens with one attached hydrogen (secondary N) is 3. The van der Waals surface area contributed by atoms with Gasteiger partial charge in [-0.2, -0.15) is 4.31 Å². The smallest absolute Gasteiger partial charge is 0.412 e. The summed E-state index contributed by atoms with van der Waals surface area (Å²) in [4.78, 5) is 37.8. The number of hydrogen-bond donors (Lipinski definition) is 3. The maximum absolute atomic E-state index is 13.5. The summed E-state index contributed by atoms with van der Waals surface area (Å²) >= 11 is 0. The topological polar surface area (TPSA) is 148 Å². The molecule has 12 nitrogen and oxygen atoms in total. The zero-order chi connectivity index (χ0) is 33.3. The second-order valence-corrected chi connectivity index (χ2v) is 15.2. The van der Waals surface area contributed by atoms with Gasteiger partial charge in [-0.3, -0.25) is 10.1 Å². The van der Waals surface area contributed by atoms with Crippen LogP contribution >= 0.6 is 0 Å². The van der Waals surface area contributed by atoms with Crippen LogP contribution in [0.4, 0.5) is 21.0 Å². The maximum atomic E-state index is 13.5. The fourth-order valence-electron chi connectivity index (χ4n) is 4.95. The van der Waals surface area contributed by atoms with Crippen LogP contribution in [-0.2, 0) is 24.3 Å². The lowest BCUT2D eigenvalue weighted by molar-refractivity contribution is -0.118. The molecule has 13 heteroatoms. The number of nitrogens with zero attached hydrogens (tertiary/aromatic N) is 2. The van der Waals surface area contributed by atoms with Gasteiger partial charge in [0.25, 0.3) is 0 Å². The zero-order valence-corrected chi connectivity index (χ0v) is 27.9. The molecule has 1 fully saturated rings. The average molecular weight is 642 g/mol. The Morgan fingerprint density at radius 3 is 2.24 bits per heavy atom. The van der Waals surface area contributed by atoms with Crippen LogP contribution in [0.1, 0.15) is 66.5 Å². The van der Waals surface area contributed by atoms with Gasteiger partial charge in [0.1, 0.15) is 17.2 Å². The number of aromatic nitrogens is 1. The molecule has 1 aromatic heterocycles. The van der Waals surface area contributed by atoms with E-state index in [9.17, 15) is 22.8 Å². The molecule has 1 unspecified atom stereocenters. The Bertz CT molecular complexity index is 1700. The molecule has 2 atom stereocenters. The molecule has 3 N–H and O–H groups in total. The molecule has 0 saturated carbocycles. The summed E-state index contributed by atoms with van der Waals surface area (Å²) in [5.41, 5.74) is 1.22. The second kappa shape index (κ2) is 12.7. The molecular formula is C32H43N5O7S. The predicted octanol–water partition coefficient (Wildman–Crippen LogP) is 5.78. The third-order valence-corrected chi connectivity index (χ3v) is 9.00. The Hall–Kier alpha value is -4.10. The van der Waals surface area contributed by atoms with Gasteiger partial charge >= 0.3 is 12.2 Å². The van der Waals surface area contributed by atoms with Crippen LogP contribution in [0.5, 0.6) is 0 Å². The summed E-state index contributed by atoms with van der Waals surface area (Å²) in [6, 6.07) is 10.8. The quantitative estimate of drug-likeness (QED) is 0.296. The van der Waals surface area contributed by atoms with Crippen molar-refractivity contribution in [1.29, 1.82) is 0 Å². The number of aryl methyl sites for hydroxylation is 1. The molecule has 1 saturated heterocycles. The van der Waals surface area contributed by atoms with Gasteiger partial charge in [-0.05, 0) is 104 Å². The summed E-state index contributed by atoms with van der Waals surface area (Å²) in [6.45, 7) is 14.6. The lowest BCUT2D eigenvalue weighted by Gasteiger charge is -2.22. The van der Waals surface area contributed by atoms with Crippen molar-refractivity contribution in [3.63, 3.8) is 0 Å². The van der Waals surface area contributed by atoms with E-state index in [2.05, 4.69) is 16.0 Å². The van der Waals surface area contributed by atoms with E-state index in [1.165, 1.54) is 10.4 Å². The van der Waals surface area contributed by atoms with E-state index in [-0.39, 0.29) is 29.9 Å². The Morgan fingerprint density at radius 2 is 1.58 bits per heavy atom. The molecule has 0 aliphatic carbocycles. The normalized spacial score (nSPS) is 16.7. The van der Waals surface area contributed by atoms with Crippen molar-refractivity contribution in [3.05, 3.63) is 54.2 Å². The molecule has 0 radical (unpaired) electrons. The predicted molar refractivity (Wildman–Crippen MR) is 173 cm³/mol. The van der Waals surface area contributed by atoms with Crippen molar-refractivity contribution in [2.45, 2.75) is 90.0 Å². The first-order chi connectivity index (χ1) is 20.8. The van der Waals surface area contributed by atoms with Gasteiger partial charge in [0, 0.05) is 47.6 Å². The first-order valence-corrected chi connectivity index (χ1v) is 16.3. The second-order valence-electron chi connectivity index (χ2n) is 13.3. The van der Waals surface area contributed by atoms with E-state index in [4.69, 9.17) is 9.47 Å². The third kappa shape index (κ3) is 8.54. The number of hydrogen-bond acceptors (Lipinski definition) is 7. The number of ether oxygens (including phenoxy) is 2. The van der Waals surface area contributed by atoms with Crippen LogP contribution in [-0.4, -0.2) is 65.7 Å². The Kier molecular flexibility index (Phi) is 9.55. The van der Waals surface area contributed by atoms with E-state index in [1.807, 2.05) is 6.92 Å². The number of alkyl carbamates (subject to hydrolysis) is 1. The Balaban J connectivity index is 1.44. The molecule has 2 aromatic carbocycles. The van der Waals surface area contributed by atoms with Gasteiger partial charge in [-0.25, -0.2) is 18.0 Å². The minimum Gasteiger partial charge on any atom is -0.444 e. The van der Waals surface area contributed by atoms with Crippen LogP contribution in [0.25, 0.3) is 10.9 Å². The number of carbonyl (C=O) groups is 3. The summed E-state index contributed by atoms with van der Waals surface area (Å²) in [7, 11) is -3.82. The molecule has 1 aliphatic rings. The number of rotatable bonds is 7. The number of amides is 3. The lowest BCUT2D eigenvalue weighted by atomic mass is 10.1. The molecule has 1 aliphatic heterocycles. The van der Waals surface area contributed by atoms with E-state index in [0.29, 0.717) is 28.7 Å². The van der Waals surface area contributed by atoms with Crippen molar-refractivity contribution in [2.24, 2.45) is 0 Å². The van der Waals surface area contributed by atoms with Gasteiger partial charge in [-0.15, -0.1) is 0 Å². The summed E-state index contributed by atoms with van der Waals surface area (Å²) in [5, 5.41) is 9.03. The molecular weight excluding hydrogens is 598 g/mol. The van der Waals surface area contributed by atoms with Gasteiger partial charge < -0.3 is 24.7 Å². The van der Waals surface area contributed by atoms with Crippen LogP contribution in [0.3, 0.4) is 0 Å². The zero-order valence-electron chi connectivity index (χ0n) is 27.1. The van der Waals surface area contributed by atoms with Crippen LogP contribution in [0.2, 0.25) is 0 Å². The number of fused-ring (bicyclic) bond motifs is 1. The Labute approximate surface area is 264 Å². The van der Waals surface area contributed by atoms with Crippen molar-refractivity contribution < 1.29 is 32.3 Å². The van der Waals surface area contributed by atoms with Crippen LogP contribution in [0, 0.1) is 6.92 Å². The molecule has 3 aromatic rings. The highest BCUT2D eigenvalue weighted by Crippen LogP contribution is 2.28. The fourth-order valence-corrected chi connectivity index (χ4v) is 6.48. The number of carbonyl (C=O) groups excluding carboxylic acids is 3. The maximum Gasteiger partial charge on any atom is 0.412 e. The molecule has 4 rings (SSSR count). The standard InChI is InChI=1S/C32H43N5O7S/c1-20-9-10-23(33-29(39)43-31(3,4)5)18-26(20)35-28(38)21(2)37-16-13-22-17-25(11-12-27(22)37)45(41,42)36-15-14-24(19-36)34-30(40)44-32(6,7)8/h9-13,16-18,21,24H,14-15,19H2,1-8H3,(H,33,39)(H,34,40)(H,35,38)/t21?,24-/m1/s1. The SMILES string of the molecule is Cc1ccc(NC(=O)OC(C)(C)C)cc1NC(=O)C(C)n1ccc2cc(S(=O)(=O)N3CC[C@@H](NC(=O)OC(C)(C)C)C3)ccc21. The molecule has 0 bridgehead atoms. The highest BCUT2D eigenvalue weighted by atomic mass is 32.2. The molecule has 0 spiro atoms. The van der Waals surface area contributed by atoms with Crippen LogP contribution in [0.15, 0.2) is 53.6 Å². The fraction of sp³-hybridized carbons (Fsp3) is 0.469. The van der Waals surface area contributed by atoms with Gasteiger partial charge in [0.15, 0.2) is 0 Å². The summed E-state index contributed by atoms with van der Waals surface area (Å²) in [5.74, 6) is -0.290. The molecule has 2 heterocycles. The van der Waals surface area contributed by atoms with Crippen LogP contribution < -0.4 is 16.0 Å². The van der Waals surface area contributed by atoms with Gasteiger partial charge in [-0.1, -0.05) is 6.07 Å². The number of sulfonamides is 1. The largest absolute Gasteiger partial charge is 0.444 e. The van der Waals surface area contributed by atoms with E-state index in [1.54, 1.807) is 95.6 Å². The molecule has 244 valence electrons. The van der Waals surface area contributed by atoms with Gasteiger partial charge in [0.2, 0.25) is 15.9 Å². The first kappa shape index (κ1) is 33.8. The number of benzene rings is 2. The van der Waals surface area contributed by atoms with Crippen molar-refractivity contribution in [3.8, 4) is 0 Å².